The van der Waals surface area contributed by atoms with E-state index in [4.69, 9.17) is 16.0 Å². The third-order valence-electron chi connectivity index (χ3n) is 2.40. The number of hydrogen-bond acceptors (Lipinski definition) is 2. The molecule has 0 fully saturated rings. The number of amides is 1. The average Bonchev–Trinajstić information content (AvgIpc) is 2.77. The van der Waals surface area contributed by atoms with E-state index in [9.17, 15) is 18.0 Å². The largest absolute Gasteiger partial charge is 0.457 e. The van der Waals surface area contributed by atoms with Gasteiger partial charge in [-0.3, -0.25) is 4.79 Å². The number of anilines is 1. The maximum absolute atomic E-state index is 12.6. The predicted octanol–water partition coefficient (Wildman–Crippen LogP) is 4.97. The SMILES string of the molecule is O=C(Nc1cc(C(F)(F)F)ccc1Cl)c1ccoc1Br. The Balaban J connectivity index is 2.30. The monoisotopic (exact) mass is 367 g/mol. The van der Waals surface area contributed by atoms with Crippen molar-refractivity contribution >= 4 is 39.1 Å². The van der Waals surface area contributed by atoms with Gasteiger partial charge in [0.1, 0.15) is 0 Å². The second kappa shape index (κ2) is 5.49. The van der Waals surface area contributed by atoms with E-state index >= 15 is 0 Å². The summed E-state index contributed by atoms with van der Waals surface area (Å²) in [6.45, 7) is 0. The fourth-order valence-corrected chi connectivity index (χ4v) is 2.03. The molecule has 106 valence electrons. The Bertz CT molecular complexity index is 654. The van der Waals surface area contributed by atoms with Crippen molar-refractivity contribution in [1.82, 2.24) is 0 Å². The molecule has 0 aliphatic carbocycles. The lowest BCUT2D eigenvalue weighted by Crippen LogP contribution is -2.13. The minimum Gasteiger partial charge on any atom is -0.457 e. The summed E-state index contributed by atoms with van der Waals surface area (Å²) in [6, 6.07) is 4.06. The van der Waals surface area contributed by atoms with Gasteiger partial charge in [-0.2, -0.15) is 13.2 Å². The van der Waals surface area contributed by atoms with Gasteiger partial charge in [-0.25, -0.2) is 0 Å². The van der Waals surface area contributed by atoms with Crippen molar-refractivity contribution in [3.8, 4) is 0 Å². The molecule has 0 bridgehead atoms. The second-order valence-electron chi connectivity index (χ2n) is 3.75. The van der Waals surface area contributed by atoms with Crippen LogP contribution in [0.25, 0.3) is 0 Å². The molecule has 3 nitrogen and oxygen atoms in total. The van der Waals surface area contributed by atoms with E-state index in [1.54, 1.807) is 0 Å². The number of furan rings is 1. The number of alkyl halides is 3. The summed E-state index contributed by atoms with van der Waals surface area (Å²) in [5.41, 5.74) is -0.874. The molecule has 1 N–H and O–H groups in total. The number of rotatable bonds is 2. The van der Waals surface area contributed by atoms with E-state index < -0.39 is 17.6 Å². The fraction of sp³-hybridized carbons (Fsp3) is 0.0833. The van der Waals surface area contributed by atoms with E-state index in [1.807, 2.05) is 0 Å². The zero-order valence-electron chi connectivity index (χ0n) is 9.59. The van der Waals surface area contributed by atoms with Crippen LogP contribution in [0.15, 0.2) is 39.6 Å². The average molecular weight is 369 g/mol. The van der Waals surface area contributed by atoms with E-state index in [2.05, 4.69) is 21.2 Å². The molecule has 0 unspecified atom stereocenters. The number of carbonyl (C=O) groups is 1. The van der Waals surface area contributed by atoms with Crippen LogP contribution in [-0.2, 0) is 6.18 Å². The molecule has 0 saturated carbocycles. The molecule has 1 heterocycles. The second-order valence-corrected chi connectivity index (χ2v) is 4.88. The van der Waals surface area contributed by atoms with Gasteiger partial charge in [0.15, 0.2) is 4.67 Å². The van der Waals surface area contributed by atoms with Crippen LogP contribution in [0.4, 0.5) is 18.9 Å². The number of nitrogens with one attached hydrogen (secondary N) is 1. The summed E-state index contributed by atoms with van der Waals surface area (Å²) < 4.78 is 42.8. The molecule has 2 aromatic rings. The molecule has 8 heteroatoms. The third-order valence-corrected chi connectivity index (χ3v) is 3.35. The molecule has 1 amide bonds. The molecule has 0 saturated heterocycles. The smallest absolute Gasteiger partial charge is 0.416 e. The normalized spacial score (nSPS) is 11.4. The van der Waals surface area contributed by atoms with Crippen LogP contribution in [0.3, 0.4) is 0 Å². The highest BCUT2D eigenvalue weighted by molar-refractivity contribution is 9.10. The summed E-state index contributed by atoms with van der Waals surface area (Å²) in [5.74, 6) is -0.633. The first kappa shape index (κ1) is 14.9. The Kier molecular flexibility index (Phi) is 4.10. The molecule has 1 aromatic carbocycles. The zero-order valence-corrected chi connectivity index (χ0v) is 11.9. The van der Waals surface area contributed by atoms with Gasteiger partial charge >= 0.3 is 6.18 Å². The lowest BCUT2D eigenvalue weighted by atomic mass is 10.2. The molecule has 0 aliphatic rings. The summed E-state index contributed by atoms with van der Waals surface area (Å²) in [6.07, 6.45) is -3.24. The van der Waals surface area contributed by atoms with Gasteiger partial charge in [-0.15, -0.1) is 0 Å². The summed E-state index contributed by atoms with van der Waals surface area (Å²) in [5, 5.41) is 2.31. The van der Waals surface area contributed by atoms with Crippen molar-refractivity contribution in [2.75, 3.05) is 5.32 Å². The fourth-order valence-electron chi connectivity index (χ4n) is 1.44. The van der Waals surface area contributed by atoms with E-state index in [0.717, 1.165) is 18.2 Å². The number of hydrogen-bond donors (Lipinski definition) is 1. The van der Waals surface area contributed by atoms with Crippen LogP contribution in [-0.4, -0.2) is 5.91 Å². The van der Waals surface area contributed by atoms with Gasteiger partial charge < -0.3 is 9.73 Å². The van der Waals surface area contributed by atoms with Crippen LogP contribution in [0.5, 0.6) is 0 Å². The van der Waals surface area contributed by atoms with E-state index in [-0.39, 0.29) is 20.9 Å². The van der Waals surface area contributed by atoms with Crippen molar-refractivity contribution in [3.63, 3.8) is 0 Å². The van der Waals surface area contributed by atoms with Gasteiger partial charge in [0.2, 0.25) is 0 Å². The molecule has 0 aliphatic heterocycles. The van der Waals surface area contributed by atoms with Crippen molar-refractivity contribution in [3.05, 3.63) is 51.3 Å². The van der Waals surface area contributed by atoms with Gasteiger partial charge in [0.05, 0.1) is 28.1 Å². The lowest BCUT2D eigenvalue weighted by Gasteiger charge is -2.11. The number of benzene rings is 1. The first-order chi connectivity index (χ1) is 9.29. The standard InChI is InChI=1S/C12H6BrClF3NO2/c13-10-7(3-4-20-10)11(19)18-9-5-6(12(15,16)17)1-2-8(9)14/h1-5H,(H,18,19). The first-order valence-corrected chi connectivity index (χ1v) is 6.37. The van der Waals surface area contributed by atoms with Gasteiger partial charge in [0.25, 0.3) is 5.91 Å². The highest BCUT2D eigenvalue weighted by Crippen LogP contribution is 2.34. The Morgan fingerprint density at radius 1 is 1.30 bits per heavy atom. The topological polar surface area (TPSA) is 42.2 Å². The van der Waals surface area contributed by atoms with Crippen molar-refractivity contribution < 1.29 is 22.4 Å². The molecule has 20 heavy (non-hydrogen) atoms. The highest BCUT2D eigenvalue weighted by atomic mass is 79.9. The van der Waals surface area contributed by atoms with Crippen LogP contribution in [0, 0.1) is 0 Å². The summed E-state index contributed by atoms with van der Waals surface area (Å²) >= 11 is 8.78. The Morgan fingerprint density at radius 3 is 2.55 bits per heavy atom. The maximum atomic E-state index is 12.6. The van der Waals surface area contributed by atoms with Crippen LogP contribution >= 0.6 is 27.5 Å². The number of halogens is 5. The number of carbonyl (C=O) groups excluding carboxylic acids is 1. The van der Waals surface area contributed by atoms with E-state index in [1.165, 1.54) is 12.3 Å². The van der Waals surface area contributed by atoms with Gasteiger partial charge in [-0.05, 0) is 40.2 Å². The summed E-state index contributed by atoms with van der Waals surface area (Å²) in [7, 11) is 0. The van der Waals surface area contributed by atoms with Gasteiger partial charge in [0, 0.05) is 0 Å². The third kappa shape index (κ3) is 3.16. The van der Waals surface area contributed by atoms with Gasteiger partial charge in [-0.1, -0.05) is 11.6 Å². The Morgan fingerprint density at radius 2 is 2.00 bits per heavy atom. The molecule has 0 atom stereocenters. The molecule has 0 spiro atoms. The Hall–Kier alpha value is -1.47. The summed E-state index contributed by atoms with van der Waals surface area (Å²) in [4.78, 5) is 11.9. The van der Waals surface area contributed by atoms with Crippen LogP contribution in [0.2, 0.25) is 5.02 Å². The molecular weight excluding hydrogens is 362 g/mol. The van der Waals surface area contributed by atoms with Crippen molar-refractivity contribution in [2.24, 2.45) is 0 Å². The Labute approximate surface area is 124 Å². The molecular formula is C12H6BrClF3NO2. The first-order valence-electron chi connectivity index (χ1n) is 5.20. The predicted molar refractivity (Wildman–Crippen MR) is 70.8 cm³/mol. The van der Waals surface area contributed by atoms with Crippen LogP contribution < -0.4 is 5.32 Å². The van der Waals surface area contributed by atoms with E-state index in [0.29, 0.717) is 0 Å². The maximum Gasteiger partial charge on any atom is 0.416 e. The minimum atomic E-state index is -4.51. The molecule has 2 rings (SSSR count). The minimum absolute atomic E-state index is 0.00553. The molecule has 0 radical (unpaired) electrons. The highest BCUT2D eigenvalue weighted by Gasteiger charge is 2.31. The molecule has 1 aromatic heterocycles. The lowest BCUT2D eigenvalue weighted by molar-refractivity contribution is -0.137. The van der Waals surface area contributed by atoms with Crippen LogP contribution in [0.1, 0.15) is 15.9 Å². The van der Waals surface area contributed by atoms with Crippen molar-refractivity contribution in [2.45, 2.75) is 6.18 Å². The zero-order chi connectivity index (χ0) is 14.9. The quantitative estimate of drug-likeness (QED) is 0.813. The van der Waals surface area contributed by atoms with Crippen molar-refractivity contribution in [1.29, 1.82) is 0 Å².